The molecule has 1 fully saturated rings. The summed E-state index contributed by atoms with van der Waals surface area (Å²) in [5, 5.41) is 5.47. The number of ether oxygens (including phenoxy) is 2. The van der Waals surface area contributed by atoms with E-state index in [1.807, 2.05) is 0 Å². The van der Waals surface area contributed by atoms with Crippen LogP contribution in [0.1, 0.15) is 16.8 Å². The van der Waals surface area contributed by atoms with Crippen molar-refractivity contribution in [2.75, 3.05) is 26.1 Å². The number of hydrogen-bond donors (Lipinski definition) is 2. The number of esters is 1. The summed E-state index contributed by atoms with van der Waals surface area (Å²) in [7, 11) is 2.81. The van der Waals surface area contributed by atoms with Crippen molar-refractivity contribution in [1.82, 2.24) is 5.32 Å². The van der Waals surface area contributed by atoms with E-state index in [9.17, 15) is 14.0 Å². The van der Waals surface area contributed by atoms with Crippen LogP contribution in [0.5, 0.6) is 0 Å². The molecule has 0 radical (unpaired) electrons. The Morgan fingerprint density at radius 3 is 2.76 bits per heavy atom. The van der Waals surface area contributed by atoms with Gasteiger partial charge in [-0.25, -0.2) is 9.18 Å². The van der Waals surface area contributed by atoms with Crippen LogP contribution in [0, 0.1) is 5.82 Å². The first kappa shape index (κ1) is 15.4. The molecule has 1 saturated heterocycles. The van der Waals surface area contributed by atoms with Crippen LogP contribution < -0.4 is 10.6 Å². The van der Waals surface area contributed by atoms with Crippen molar-refractivity contribution in [2.24, 2.45) is 0 Å². The van der Waals surface area contributed by atoms with E-state index < -0.39 is 17.8 Å². The zero-order chi connectivity index (χ0) is 15.4. The molecule has 0 saturated carbocycles. The Morgan fingerprint density at radius 2 is 2.14 bits per heavy atom. The maximum atomic E-state index is 13.7. The number of methoxy groups -OCH3 is 2. The fourth-order valence-electron chi connectivity index (χ4n) is 2.17. The van der Waals surface area contributed by atoms with Crippen LogP contribution in [0.4, 0.5) is 10.1 Å². The summed E-state index contributed by atoms with van der Waals surface area (Å²) < 4.78 is 23.4. The van der Waals surface area contributed by atoms with Crippen LogP contribution in [0.25, 0.3) is 0 Å². The van der Waals surface area contributed by atoms with Crippen molar-refractivity contribution in [2.45, 2.75) is 18.6 Å². The lowest BCUT2D eigenvalue weighted by atomic mass is 10.1. The highest BCUT2D eigenvalue weighted by Gasteiger charge is 2.29. The van der Waals surface area contributed by atoms with Crippen molar-refractivity contribution in [3.05, 3.63) is 29.6 Å². The van der Waals surface area contributed by atoms with Crippen molar-refractivity contribution < 1.29 is 23.5 Å². The van der Waals surface area contributed by atoms with Gasteiger partial charge < -0.3 is 20.1 Å². The van der Waals surface area contributed by atoms with Gasteiger partial charge in [0.15, 0.2) is 0 Å². The Labute approximate surface area is 121 Å². The molecule has 7 heteroatoms. The Hall–Kier alpha value is -1.99. The van der Waals surface area contributed by atoms with E-state index in [0.29, 0.717) is 13.0 Å². The Balaban J connectivity index is 2.08. The molecule has 0 aliphatic carbocycles. The fraction of sp³-hybridized carbons (Fsp3) is 0.429. The molecule has 1 aliphatic rings. The lowest BCUT2D eigenvalue weighted by molar-refractivity contribution is -0.118. The first-order chi connectivity index (χ1) is 10.0. The minimum atomic E-state index is -0.614. The number of amides is 1. The fourth-order valence-corrected chi connectivity index (χ4v) is 2.17. The number of halogens is 1. The molecule has 0 aromatic heterocycles. The molecule has 2 rings (SSSR count). The van der Waals surface area contributed by atoms with Gasteiger partial charge in [-0.05, 0) is 24.6 Å². The molecule has 1 aliphatic heterocycles. The zero-order valence-corrected chi connectivity index (χ0v) is 11.8. The van der Waals surface area contributed by atoms with Gasteiger partial charge in [-0.15, -0.1) is 0 Å². The second-order valence-electron chi connectivity index (χ2n) is 4.73. The van der Waals surface area contributed by atoms with Crippen LogP contribution in [-0.4, -0.2) is 44.8 Å². The SMILES string of the molecule is COC(=O)c1ccc(F)c(NC(=O)C2CC(OC)CN2)c1. The van der Waals surface area contributed by atoms with E-state index in [0.717, 1.165) is 6.07 Å². The molecule has 1 aromatic rings. The van der Waals surface area contributed by atoms with Crippen LogP contribution in [0.2, 0.25) is 0 Å². The molecule has 2 atom stereocenters. The van der Waals surface area contributed by atoms with E-state index in [1.54, 1.807) is 7.11 Å². The van der Waals surface area contributed by atoms with Gasteiger partial charge in [-0.2, -0.15) is 0 Å². The molecule has 0 spiro atoms. The maximum Gasteiger partial charge on any atom is 0.337 e. The zero-order valence-electron chi connectivity index (χ0n) is 11.8. The molecular formula is C14H17FN2O4. The summed E-state index contributed by atoms with van der Waals surface area (Å²) in [6.07, 6.45) is 0.479. The van der Waals surface area contributed by atoms with Gasteiger partial charge in [0, 0.05) is 13.7 Å². The highest BCUT2D eigenvalue weighted by atomic mass is 19.1. The van der Waals surface area contributed by atoms with Crippen molar-refractivity contribution in [3.63, 3.8) is 0 Å². The number of hydrogen-bond acceptors (Lipinski definition) is 5. The molecule has 6 nitrogen and oxygen atoms in total. The topological polar surface area (TPSA) is 76.7 Å². The van der Waals surface area contributed by atoms with Gasteiger partial charge in [0.05, 0.1) is 30.5 Å². The quantitative estimate of drug-likeness (QED) is 0.808. The predicted molar refractivity (Wildman–Crippen MR) is 73.6 cm³/mol. The Kier molecular flexibility index (Phi) is 4.87. The molecule has 1 aromatic carbocycles. The van der Waals surface area contributed by atoms with Gasteiger partial charge in [-0.3, -0.25) is 4.79 Å². The van der Waals surface area contributed by atoms with E-state index in [4.69, 9.17) is 4.74 Å². The maximum absolute atomic E-state index is 13.7. The molecule has 21 heavy (non-hydrogen) atoms. The first-order valence-electron chi connectivity index (χ1n) is 6.50. The molecule has 0 bridgehead atoms. The molecule has 1 heterocycles. The first-order valence-corrected chi connectivity index (χ1v) is 6.50. The van der Waals surface area contributed by atoms with E-state index in [2.05, 4.69) is 15.4 Å². The van der Waals surface area contributed by atoms with Crippen LogP contribution >= 0.6 is 0 Å². The predicted octanol–water partition coefficient (Wildman–Crippen LogP) is 0.928. The van der Waals surface area contributed by atoms with Gasteiger partial charge in [0.25, 0.3) is 0 Å². The third kappa shape index (κ3) is 3.56. The van der Waals surface area contributed by atoms with Gasteiger partial charge in [0.2, 0.25) is 5.91 Å². The summed E-state index contributed by atoms with van der Waals surface area (Å²) >= 11 is 0. The van der Waals surface area contributed by atoms with Crippen LogP contribution in [-0.2, 0) is 14.3 Å². The average molecular weight is 296 g/mol. The molecule has 114 valence electrons. The summed E-state index contributed by atoms with van der Waals surface area (Å²) in [4.78, 5) is 23.5. The highest BCUT2D eigenvalue weighted by molar-refractivity contribution is 5.97. The van der Waals surface area contributed by atoms with Crippen LogP contribution in [0.15, 0.2) is 18.2 Å². The van der Waals surface area contributed by atoms with E-state index >= 15 is 0 Å². The van der Waals surface area contributed by atoms with Gasteiger partial charge in [-0.1, -0.05) is 0 Å². The number of carbonyl (C=O) groups excluding carboxylic acids is 2. The van der Waals surface area contributed by atoms with Crippen molar-refractivity contribution in [1.29, 1.82) is 0 Å². The summed E-state index contributed by atoms with van der Waals surface area (Å²) in [5.41, 5.74) is 0.119. The van der Waals surface area contributed by atoms with Crippen molar-refractivity contribution >= 4 is 17.6 Å². The second-order valence-corrected chi connectivity index (χ2v) is 4.73. The Bertz CT molecular complexity index is 550. The van der Waals surface area contributed by atoms with Crippen LogP contribution in [0.3, 0.4) is 0 Å². The van der Waals surface area contributed by atoms with Crippen molar-refractivity contribution in [3.8, 4) is 0 Å². The summed E-state index contributed by atoms with van der Waals surface area (Å²) in [6, 6.07) is 3.21. The number of anilines is 1. The highest BCUT2D eigenvalue weighted by Crippen LogP contribution is 2.18. The number of rotatable bonds is 4. The van der Waals surface area contributed by atoms with Gasteiger partial charge in [0.1, 0.15) is 5.82 Å². The Morgan fingerprint density at radius 1 is 1.38 bits per heavy atom. The van der Waals surface area contributed by atoms with E-state index in [-0.39, 0.29) is 23.3 Å². The lowest BCUT2D eigenvalue weighted by Crippen LogP contribution is -2.35. The summed E-state index contributed by atoms with van der Waals surface area (Å²) in [5.74, 6) is -1.57. The lowest BCUT2D eigenvalue weighted by Gasteiger charge is -2.12. The minimum Gasteiger partial charge on any atom is -0.465 e. The average Bonchev–Trinajstić information content (AvgIpc) is 2.97. The van der Waals surface area contributed by atoms with Gasteiger partial charge >= 0.3 is 5.97 Å². The summed E-state index contributed by atoms with van der Waals surface area (Å²) in [6.45, 7) is 0.569. The third-order valence-electron chi connectivity index (χ3n) is 3.39. The molecule has 1 amide bonds. The molecule has 2 unspecified atom stereocenters. The largest absolute Gasteiger partial charge is 0.465 e. The standard InChI is InChI=1S/C14H17FN2O4/c1-20-9-6-12(16-7-9)13(18)17-11-5-8(14(19)21-2)3-4-10(11)15/h3-5,9,12,16H,6-7H2,1-2H3,(H,17,18). The minimum absolute atomic E-state index is 0.0352. The number of nitrogens with one attached hydrogen (secondary N) is 2. The third-order valence-corrected chi connectivity index (χ3v) is 3.39. The van der Waals surface area contributed by atoms with E-state index in [1.165, 1.54) is 19.2 Å². The normalized spacial score (nSPS) is 21.1. The monoisotopic (exact) mass is 296 g/mol. The molecular weight excluding hydrogens is 279 g/mol. The number of carbonyl (C=O) groups is 2. The smallest absolute Gasteiger partial charge is 0.337 e. The molecule has 2 N–H and O–H groups in total. The number of benzene rings is 1. The second kappa shape index (κ2) is 6.64.